The molecular weight excluding hydrogens is 232 g/mol. The van der Waals surface area contributed by atoms with Gasteiger partial charge in [-0.1, -0.05) is 34.0 Å². The lowest BCUT2D eigenvalue weighted by molar-refractivity contribution is -0.130. The highest BCUT2D eigenvalue weighted by Gasteiger charge is 1.90. The molecule has 0 saturated carbocycles. The predicted octanol–water partition coefficient (Wildman–Crippen LogP) is 2.08. The fourth-order valence-electron chi connectivity index (χ4n) is 0.869. The van der Waals surface area contributed by atoms with Crippen LogP contribution in [0.5, 0.6) is 0 Å². The Morgan fingerprint density at radius 3 is 2.92 bits per heavy atom. The van der Waals surface area contributed by atoms with Crippen LogP contribution in [-0.4, -0.2) is 11.1 Å². The van der Waals surface area contributed by atoms with Crippen LogP contribution in [0, 0.1) is 11.8 Å². The van der Waals surface area contributed by atoms with Crippen LogP contribution in [-0.2, 0) is 11.2 Å². The van der Waals surface area contributed by atoms with E-state index in [9.17, 15) is 4.79 Å². The third-order valence-corrected chi connectivity index (χ3v) is 1.87. The lowest BCUT2D eigenvalue weighted by Gasteiger charge is -1.94. The monoisotopic (exact) mass is 238 g/mol. The molecule has 0 aromatic heterocycles. The zero-order valence-electron chi connectivity index (χ0n) is 6.75. The molecular formula is C10H7BrO2. The fraction of sp³-hybridized carbons (Fsp3) is 0.100. The number of benzene rings is 1. The summed E-state index contributed by atoms with van der Waals surface area (Å²) in [5.74, 6) is 3.53. The molecule has 1 aromatic rings. The summed E-state index contributed by atoms with van der Waals surface area (Å²) < 4.78 is 0.974. The zero-order valence-corrected chi connectivity index (χ0v) is 8.34. The van der Waals surface area contributed by atoms with Gasteiger partial charge in [0.05, 0.1) is 0 Å². The van der Waals surface area contributed by atoms with E-state index in [2.05, 4.69) is 27.8 Å². The van der Waals surface area contributed by atoms with E-state index in [0.29, 0.717) is 6.42 Å². The van der Waals surface area contributed by atoms with Gasteiger partial charge in [-0.2, -0.15) is 0 Å². The maximum Gasteiger partial charge on any atom is 0.381 e. The summed E-state index contributed by atoms with van der Waals surface area (Å²) in [5.41, 5.74) is 1.00. The molecule has 0 aliphatic heterocycles. The Morgan fingerprint density at radius 1 is 1.54 bits per heavy atom. The molecule has 13 heavy (non-hydrogen) atoms. The van der Waals surface area contributed by atoms with Crippen molar-refractivity contribution in [2.24, 2.45) is 0 Å². The minimum atomic E-state index is -1.09. The molecule has 66 valence electrons. The Balaban J connectivity index is 2.66. The van der Waals surface area contributed by atoms with Gasteiger partial charge in [0.25, 0.3) is 0 Å². The lowest BCUT2D eigenvalue weighted by Crippen LogP contribution is -1.88. The first-order valence-corrected chi connectivity index (χ1v) is 4.44. The van der Waals surface area contributed by atoms with Crippen molar-refractivity contribution in [3.63, 3.8) is 0 Å². The third-order valence-electron chi connectivity index (χ3n) is 1.38. The number of carboxylic acids is 1. The van der Waals surface area contributed by atoms with Gasteiger partial charge >= 0.3 is 5.97 Å². The number of halogens is 1. The molecule has 0 spiro atoms. The van der Waals surface area contributed by atoms with Crippen LogP contribution in [0.3, 0.4) is 0 Å². The van der Waals surface area contributed by atoms with E-state index >= 15 is 0 Å². The number of carboxylic acid groups (broad SMARTS) is 1. The molecule has 0 fully saturated rings. The molecule has 0 heterocycles. The van der Waals surface area contributed by atoms with Gasteiger partial charge in [0.1, 0.15) is 0 Å². The van der Waals surface area contributed by atoms with Crippen LogP contribution >= 0.6 is 15.9 Å². The van der Waals surface area contributed by atoms with Gasteiger partial charge in [-0.3, -0.25) is 0 Å². The molecule has 0 aliphatic rings. The van der Waals surface area contributed by atoms with E-state index in [1.807, 2.05) is 24.3 Å². The van der Waals surface area contributed by atoms with Crippen molar-refractivity contribution in [2.75, 3.05) is 0 Å². The van der Waals surface area contributed by atoms with Crippen LogP contribution in [0.1, 0.15) is 5.56 Å². The Bertz CT molecular complexity index is 374. The number of rotatable bonds is 1. The Kier molecular flexibility index (Phi) is 3.53. The molecule has 0 bridgehead atoms. The fourth-order valence-corrected chi connectivity index (χ4v) is 1.32. The molecule has 0 aliphatic carbocycles. The second-order valence-electron chi connectivity index (χ2n) is 2.41. The third kappa shape index (κ3) is 3.77. The van der Waals surface area contributed by atoms with Crippen molar-refractivity contribution in [1.29, 1.82) is 0 Å². The minimum Gasteiger partial charge on any atom is -0.472 e. The standard InChI is InChI=1S/C10H7BrO2/c11-9-5-1-3-8(7-9)4-2-6-10(12)13/h1,3,5,7H,4H2,(H,12,13). The Labute approximate surface area is 84.7 Å². The highest BCUT2D eigenvalue weighted by Crippen LogP contribution is 2.11. The SMILES string of the molecule is O=C(O)C#CCc1cccc(Br)c1. The normalized spacial score (nSPS) is 8.69. The quantitative estimate of drug-likeness (QED) is 0.762. The van der Waals surface area contributed by atoms with E-state index in [0.717, 1.165) is 10.0 Å². The summed E-state index contributed by atoms with van der Waals surface area (Å²) in [7, 11) is 0. The molecule has 1 aromatic carbocycles. The first kappa shape index (κ1) is 9.82. The maximum absolute atomic E-state index is 10.1. The lowest BCUT2D eigenvalue weighted by atomic mass is 10.2. The molecule has 1 N–H and O–H groups in total. The zero-order chi connectivity index (χ0) is 9.68. The van der Waals surface area contributed by atoms with Gasteiger partial charge in [-0.15, -0.1) is 0 Å². The van der Waals surface area contributed by atoms with Gasteiger partial charge in [-0.25, -0.2) is 4.79 Å². The topological polar surface area (TPSA) is 37.3 Å². The van der Waals surface area contributed by atoms with Gasteiger partial charge in [0, 0.05) is 16.8 Å². The van der Waals surface area contributed by atoms with Crippen LogP contribution < -0.4 is 0 Å². The molecule has 0 unspecified atom stereocenters. The predicted molar refractivity (Wildman–Crippen MR) is 53.3 cm³/mol. The molecule has 0 atom stereocenters. The van der Waals surface area contributed by atoms with E-state index in [4.69, 9.17) is 5.11 Å². The molecule has 2 nitrogen and oxygen atoms in total. The van der Waals surface area contributed by atoms with E-state index < -0.39 is 5.97 Å². The van der Waals surface area contributed by atoms with Gasteiger partial charge in [0.2, 0.25) is 0 Å². The first-order chi connectivity index (χ1) is 6.18. The van der Waals surface area contributed by atoms with E-state index in [1.54, 1.807) is 0 Å². The number of hydrogen-bond donors (Lipinski definition) is 1. The summed E-state index contributed by atoms with van der Waals surface area (Å²) in [6.45, 7) is 0. The smallest absolute Gasteiger partial charge is 0.381 e. The summed E-state index contributed by atoms with van der Waals surface area (Å²) in [5, 5.41) is 8.26. The number of hydrogen-bond acceptors (Lipinski definition) is 1. The van der Waals surface area contributed by atoms with E-state index in [-0.39, 0.29) is 0 Å². The second-order valence-corrected chi connectivity index (χ2v) is 3.33. The van der Waals surface area contributed by atoms with Crippen molar-refractivity contribution >= 4 is 21.9 Å². The van der Waals surface area contributed by atoms with Gasteiger partial charge in [0.15, 0.2) is 0 Å². The summed E-state index contributed by atoms with van der Waals surface area (Å²) in [4.78, 5) is 10.1. The van der Waals surface area contributed by atoms with Crippen LogP contribution in [0.4, 0.5) is 0 Å². The first-order valence-electron chi connectivity index (χ1n) is 3.65. The highest BCUT2D eigenvalue weighted by atomic mass is 79.9. The molecule has 1 rings (SSSR count). The van der Waals surface area contributed by atoms with Crippen molar-refractivity contribution in [3.8, 4) is 11.8 Å². The largest absolute Gasteiger partial charge is 0.472 e. The summed E-state index contributed by atoms with van der Waals surface area (Å²) in [6, 6.07) is 7.62. The van der Waals surface area contributed by atoms with Crippen molar-refractivity contribution in [1.82, 2.24) is 0 Å². The van der Waals surface area contributed by atoms with E-state index in [1.165, 1.54) is 0 Å². The van der Waals surface area contributed by atoms with Crippen LogP contribution in [0.2, 0.25) is 0 Å². The average Bonchev–Trinajstić information content (AvgIpc) is 2.03. The van der Waals surface area contributed by atoms with Gasteiger partial charge in [-0.05, 0) is 17.7 Å². The molecule has 0 saturated heterocycles. The minimum absolute atomic E-state index is 0.464. The van der Waals surface area contributed by atoms with Crippen LogP contribution in [0.15, 0.2) is 28.7 Å². The number of aliphatic carboxylic acids is 1. The van der Waals surface area contributed by atoms with Crippen molar-refractivity contribution in [2.45, 2.75) is 6.42 Å². The summed E-state index contributed by atoms with van der Waals surface area (Å²) >= 11 is 3.32. The van der Waals surface area contributed by atoms with Crippen molar-refractivity contribution < 1.29 is 9.90 Å². The Hall–Kier alpha value is -1.27. The number of carbonyl (C=O) groups is 1. The molecule has 0 amide bonds. The summed E-state index contributed by atoms with van der Waals surface area (Å²) in [6.07, 6.45) is 0.464. The second kappa shape index (κ2) is 4.68. The maximum atomic E-state index is 10.1. The average molecular weight is 239 g/mol. The van der Waals surface area contributed by atoms with Crippen LogP contribution in [0.25, 0.3) is 0 Å². The molecule has 3 heteroatoms. The van der Waals surface area contributed by atoms with Crippen molar-refractivity contribution in [3.05, 3.63) is 34.3 Å². The molecule has 0 radical (unpaired) electrons. The van der Waals surface area contributed by atoms with Gasteiger partial charge < -0.3 is 5.11 Å². The Morgan fingerprint density at radius 2 is 2.31 bits per heavy atom. The highest BCUT2D eigenvalue weighted by molar-refractivity contribution is 9.10.